The quantitative estimate of drug-likeness (QED) is 0.147. The van der Waals surface area contributed by atoms with Gasteiger partial charge >= 0.3 is 0 Å². The molecule has 3 aliphatic rings. The lowest BCUT2D eigenvalue weighted by atomic mass is 9.67. The van der Waals surface area contributed by atoms with Crippen molar-refractivity contribution < 1.29 is 0 Å². The normalized spacial score (nSPS) is 14.5. The van der Waals surface area contributed by atoms with Crippen molar-refractivity contribution in [2.24, 2.45) is 0 Å². The van der Waals surface area contributed by atoms with Gasteiger partial charge < -0.3 is 4.90 Å². The summed E-state index contributed by atoms with van der Waals surface area (Å²) in [5.41, 5.74) is 24.9. The standard InChI is InChI=1S/C75H53N/c1-73(2)67-47-44-50-24-12-13-34-58(50)71(67)63-38-23-43-70(72(63)73)76(56-45-46-62-61-37-16-18-39-64(61)74(68(62)49-56,52-26-6-3-7-27-52)53-28-8-4-9-29-53)69-42-21-17-33-57(69)51-25-22-32-55(48-51)75(54-30-10-5-11-31-54)65-40-19-14-35-59(65)60-36-15-20-41-66(60)75/h3-49H,1-2H3. The zero-order valence-corrected chi connectivity index (χ0v) is 42.6. The molecule has 1 nitrogen and oxygen atoms in total. The average molecular weight is 968 g/mol. The van der Waals surface area contributed by atoms with Crippen LogP contribution in [0.1, 0.15) is 69.5 Å². The first kappa shape index (κ1) is 44.2. The highest BCUT2D eigenvalue weighted by atomic mass is 15.1. The molecule has 0 radical (unpaired) electrons. The van der Waals surface area contributed by atoms with E-state index in [9.17, 15) is 0 Å². The third-order valence-corrected chi connectivity index (χ3v) is 17.4. The predicted octanol–water partition coefficient (Wildman–Crippen LogP) is 19.0. The van der Waals surface area contributed by atoms with Crippen molar-refractivity contribution in [3.8, 4) is 44.5 Å². The minimum absolute atomic E-state index is 0.325. The van der Waals surface area contributed by atoms with Gasteiger partial charge in [-0.25, -0.2) is 0 Å². The van der Waals surface area contributed by atoms with Crippen molar-refractivity contribution in [3.63, 3.8) is 0 Å². The number of para-hydroxylation sites is 1. The van der Waals surface area contributed by atoms with Crippen LogP contribution < -0.4 is 4.90 Å². The van der Waals surface area contributed by atoms with E-state index in [2.05, 4.69) is 304 Å². The van der Waals surface area contributed by atoms with Crippen molar-refractivity contribution in [1.29, 1.82) is 0 Å². The van der Waals surface area contributed by atoms with Gasteiger partial charge in [-0.2, -0.15) is 0 Å². The SMILES string of the molecule is CC1(C)c2ccc3ccccc3c2-c2cccc(N(c3ccc4c(c3)C(c3ccccc3)(c3ccccc3)c3ccccc3-4)c3ccccc3-c3cccc(C4(c5ccccc5)c5ccccc5-c5ccccc54)c3)c21. The molecule has 0 saturated heterocycles. The number of anilines is 3. The Hall–Kier alpha value is -9.30. The van der Waals surface area contributed by atoms with Crippen LogP contribution in [-0.2, 0) is 16.2 Å². The zero-order chi connectivity index (χ0) is 50.6. The fourth-order valence-corrected chi connectivity index (χ4v) is 14.3. The number of hydrogen-bond acceptors (Lipinski definition) is 1. The summed E-state index contributed by atoms with van der Waals surface area (Å²) in [6.07, 6.45) is 0. The van der Waals surface area contributed by atoms with Gasteiger partial charge in [0.15, 0.2) is 0 Å². The van der Waals surface area contributed by atoms with Gasteiger partial charge in [-0.1, -0.05) is 269 Å². The fourth-order valence-electron chi connectivity index (χ4n) is 14.3. The lowest BCUT2D eigenvalue weighted by Crippen LogP contribution is -2.29. The molecule has 0 fully saturated rings. The molecule has 0 aromatic heterocycles. The van der Waals surface area contributed by atoms with Crippen molar-refractivity contribution >= 4 is 27.8 Å². The Morgan fingerprint density at radius 1 is 0.289 bits per heavy atom. The highest BCUT2D eigenvalue weighted by molar-refractivity contribution is 6.05. The van der Waals surface area contributed by atoms with Crippen molar-refractivity contribution in [1.82, 2.24) is 0 Å². The van der Waals surface area contributed by atoms with Crippen LogP contribution in [0.3, 0.4) is 0 Å². The molecule has 76 heavy (non-hydrogen) atoms. The van der Waals surface area contributed by atoms with Crippen molar-refractivity contribution in [2.45, 2.75) is 30.1 Å². The fraction of sp³-hybridized carbons (Fsp3) is 0.0667. The third kappa shape index (κ3) is 6.09. The first-order valence-corrected chi connectivity index (χ1v) is 26.8. The second-order valence-electron chi connectivity index (χ2n) is 21.4. The van der Waals surface area contributed by atoms with E-state index in [0.29, 0.717) is 0 Å². The third-order valence-electron chi connectivity index (χ3n) is 17.4. The molecule has 0 N–H and O–H groups in total. The topological polar surface area (TPSA) is 3.24 Å². The molecule has 0 amide bonds. The molecule has 3 aliphatic carbocycles. The summed E-state index contributed by atoms with van der Waals surface area (Å²) < 4.78 is 0. The van der Waals surface area contributed by atoms with Crippen LogP contribution in [-0.4, -0.2) is 0 Å². The molecule has 0 bridgehead atoms. The maximum atomic E-state index is 2.60. The van der Waals surface area contributed by atoms with Crippen LogP contribution in [0.15, 0.2) is 285 Å². The smallest absolute Gasteiger partial charge is 0.0714 e. The van der Waals surface area contributed by atoms with E-state index in [1.807, 2.05) is 0 Å². The number of nitrogens with zero attached hydrogens (tertiary/aromatic N) is 1. The van der Waals surface area contributed by atoms with Gasteiger partial charge in [0.2, 0.25) is 0 Å². The van der Waals surface area contributed by atoms with Crippen LogP contribution in [0.25, 0.3) is 55.3 Å². The molecule has 1 heteroatoms. The molecule has 0 aliphatic heterocycles. The molecule has 12 aromatic rings. The minimum atomic E-state index is -0.573. The molecule has 0 spiro atoms. The highest BCUT2D eigenvalue weighted by Gasteiger charge is 2.48. The van der Waals surface area contributed by atoms with E-state index in [-0.39, 0.29) is 5.41 Å². The lowest BCUT2D eigenvalue weighted by Gasteiger charge is -2.36. The Balaban J connectivity index is 1.01. The molecular weight excluding hydrogens is 915 g/mol. The monoisotopic (exact) mass is 967 g/mol. The molecule has 358 valence electrons. The summed E-state index contributed by atoms with van der Waals surface area (Å²) in [7, 11) is 0. The van der Waals surface area contributed by atoms with Gasteiger partial charge in [-0.05, 0) is 136 Å². The van der Waals surface area contributed by atoms with Gasteiger partial charge in [0.1, 0.15) is 0 Å². The second-order valence-corrected chi connectivity index (χ2v) is 21.4. The van der Waals surface area contributed by atoms with Gasteiger partial charge in [0, 0.05) is 16.7 Å². The molecule has 15 rings (SSSR count). The summed E-state index contributed by atoms with van der Waals surface area (Å²) >= 11 is 0. The summed E-state index contributed by atoms with van der Waals surface area (Å²) in [6.45, 7) is 4.86. The molecule has 0 unspecified atom stereocenters. The number of rotatable bonds is 8. The van der Waals surface area contributed by atoms with Crippen molar-refractivity contribution in [2.75, 3.05) is 4.90 Å². The Morgan fingerprint density at radius 2 is 0.750 bits per heavy atom. The Morgan fingerprint density at radius 3 is 1.37 bits per heavy atom. The molecular formula is C75H53N. The Kier molecular flexibility index (Phi) is 9.81. The van der Waals surface area contributed by atoms with Crippen LogP contribution in [0.4, 0.5) is 17.1 Å². The maximum absolute atomic E-state index is 2.60. The summed E-state index contributed by atoms with van der Waals surface area (Å²) in [6, 6.07) is 107. The number of benzene rings is 12. The first-order valence-electron chi connectivity index (χ1n) is 26.8. The summed E-state index contributed by atoms with van der Waals surface area (Å²) in [5, 5.41) is 2.55. The number of fused-ring (bicyclic) bond motifs is 11. The van der Waals surface area contributed by atoms with Crippen LogP contribution >= 0.6 is 0 Å². The molecule has 0 heterocycles. The largest absolute Gasteiger partial charge is 0.310 e. The minimum Gasteiger partial charge on any atom is -0.310 e. The van der Waals surface area contributed by atoms with Crippen LogP contribution in [0.2, 0.25) is 0 Å². The van der Waals surface area contributed by atoms with Gasteiger partial charge in [0.05, 0.1) is 22.2 Å². The lowest BCUT2D eigenvalue weighted by molar-refractivity contribution is 0.661. The molecule has 0 atom stereocenters. The predicted molar refractivity (Wildman–Crippen MR) is 316 cm³/mol. The maximum Gasteiger partial charge on any atom is 0.0714 e. The van der Waals surface area contributed by atoms with E-state index in [4.69, 9.17) is 0 Å². The second kappa shape index (κ2) is 16.9. The van der Waals surface area contributed by atoms with Crippen LogP contribution in [0, 0.1) is 0 Å². The van der Waals surface area contributed by atoms with Gasteiger partial charge in [0.25, 0.3) is 0 Å². The molecule has 12 aromatic carbocycles. The first-order chi connectivity index (χ1) is 37.5. The zero-order valence-electron chi connectivity index (χ0n) is 42.6. The van der Waals surface area contributed by atoms with Crippen molar-refractivity contribution in [3.05, 3.63) is 341 Å². The van der Waals surface area contributed by atoms with Gasteiger partial charge in [-0.3, -0.25) is 0 Å². The number of hydrogen-bond donors (Lipinski definition) is 0. The van der Waals surface area contributed by atoms with Crippen LogP contribution in [0.5, 0.6) is 0 Å². The summed E-state index contributed by atoms with van der Waals surface area (Å²) in [5.74, 6) is 0. The van der Waals surface area contributed by atoms with E-state index >= 15 is 0 Å². The van der Waals surface area contributed by atoms with E-state index in [0.717, 1.165) is 22.5 Å². The Labute approximate surface area is 445 Å². The highest BCUT2D eigenvalue weighted by Crippen LogP contribution is 2.61. The summed E-state index contributed by atoms with van der Waals surface area (Å²) in [4.78, 5) is 2.60. The van der Waals surface area contributed by atoms with E-state index < -0.39 is 10.8 Å². The van der Waals surface area contributed by atoms with E-state index in [1.54, 1.807) is 0 Å². The average Bonchev–Trinajstić information content (AvgIpc) is 4.25. The molecule has 0 saturated carbocycles. The van der Waals surface area contributed by atoms with Gasteiger partial charge in [-0.15, -0.1) is 0 Å². The van der Waals surface area contributed by atoms with E-state index in [1.165, 1.54) is 105 Å². The Bertz CT molecular complexity index is 4180.